The summed E-state index contributed by atoms with van der Waals surface area (Å²) >= 11 is 0. The van der Waals surface area contributed by atoms with Crippen molar-refractivity contribution in [3.8, 4) is 11.5 Å². The Morgan fingerprint density at radius 3 is 1.76 bits per heavy atom. The van der Waals surface area contributed by atoms with Gasteiger partial charge in [0.25, 0.3) is 20.0 Å². The SMILES string of the molecule is COc1ccc(S(=O)(=O)N(c2ccc(C(F)(F)F)cc2)C(C(=O)O)c2cc(OC)ccc2S(=O)(=O)N(CC(=O)N2CCCC2c2ccc(F)cc2)c2ccc(C(F)(F)F)cc2)cc1. The van der Waals surface area contributed by atoms with E-state index in [0.29, 0.717) is 59.1 Å². The molecule has 5 aromatic rings. The number of methoxy groups -OCH3 is 2. The highest BCUT2D eigenvalue weighted by atomic mass is 32.2. The topological polar surface area (TPSA) is 151 Å². The maximum atomic E-state index is 15.2. The van der Waals surface area contributed by atoms with Crippen molar-refractivity contribution in [1.29, 1.82) is 0 Å². The third-order valence-corrected chi connectivity index (χ3v) is 13.9. The van der Waals surface area contributed by atoms with Crippen LogP contribution < -0.4 is 18.1 Å². The number of alkyl halides is 6. The van der Waals surface area contributed by atoms with Gasteiger partial charge in [-0.25, -0.2) is 30.3 Å². The van der Waals surface area contributed by atoms with Gasteiger partial charge in [-0.3, -0.25) is 9.10 Å². The summed E-state index contributed by atoms with van der Waals surface area (Å²) in [5.74, 6) is -3.50. The Hall–Kier alpha value is -6.35. The molecule has 0 bridgehead atoms. The Labute approximate surface area is 356 Å². The van der Waals surface area contributed by atoms with Crippen LogP contribution >= 0.6 is 0 Å². The number of sulfonamides is 2. The quantitative estimate of drug-likeness (QED) is 0.108. The van der Waals surface area contributed by atoms with Crippen molar-refractivity contribution in [2.45, 2.75) is 47.1 Å². The molecule has 1 heterocycles. The van der Waals surface area contributed by atoms with E-state index in [0.717, 1.165) is 49.6 Å². The molecule has 6 rings (SSSR count). The van der Waals surface area contributed by atoms with Crippen LogP contribution in [0.1, 0.15) is 47.2 Å². The minimum atomic E-state index is -5.36. The summed E-state index contributed by atoms with van der Waals surface area (Å²) in [6.45, 7) is -0.983. The number of carboxylic acids is 1. The predicted molar refractivity (Wildman–Crippen MR) is 214 cm³/mol. The van der Waals surface area contributed by atoms with Crippen molar-refractivity contribution < 1.29 is 71.7 Å². The number of carboxylic acid groups (broad SMARTS) is 1. The minimum Gasteiger partial charge on any atom is -0.497 e. The number of amides is 1. The molecule has 5 aromatic carbocycles. The predicted octanol–water partition coefficient (Wildman–Crippen LogP) is 8.46. The first-order chi connectivity index (χ1) is 29.6. The van der Waals surface area contributed by atoms with Crippen molar-refractivity contribution in [2.24, 2.45) is 0 Å². The summed E-state index contributed by atoms with van der Waals surface area (Å²) in [7, 11) is -8.15. The van der Waals surface area contributed by atoms with Gasteiger partial charge in [0.15, 0.2) is 6.04 Å². The molecule has 0 aliphatic carbocycles. The highest BCUT2D eigenvalue weighted by Gasteiger charge is 2.43. The van der Waals surface area contributed by atoms with Gasteiger partial charge in [0.1, 0.15) is 23.9 Å². The van der Waals surface area contributed by atoms with Crippen LogP contribution in [-0.2, 0) is 42.0 Å². The van der Waals surface area contributed by atoms with Crippen LogP contribution in [0.4, 0.5) is 42.1 Å². The zero-order chi connectivity index (χ0) is 46.1. The van der Waals surface area contributed by atoms with E-state index in [2.05, 4.69) is 0 Å². The van der Waals surface area contributed by atoms with E-state index in [9.17, 15) is 53.8 Å². The molecule has 1 saturated heterocycles. The number of benzene rings is 5. The molecule has 0 saturated carbocycles. The van der Waals surface area contributed by atoms with Gasteiger partial charge in [-0.05, 0) is 122 Å². The molecule has 1 N–H and O–H groups in total. The summed E-state index contributed by atoms with van der Waals surface area (Å²) in [6, 6.07) is 14.1. The fourth-order valence-corrected chi connectivity index (χ4v) is 10.3. The van der Waals surface area contributed by atoms with Crippen LogP contribution in [0, 0.1) is 5.82 Å². The van der Waals surface area contributed by atoms with E-state index < -0.39 is 107 Å². The number of ether oxygens (including phenoxy) is 2. The molecule has 1 aliphatic rings. The lowest BCUT2D eigenvalue weighted by atomic mass is 10.0. The molecule has 0 aromatic heterocycles. The molecule has 334 valence electrons. The lowest BCUT2D eigenvalue weighted by molar-refractivity contribution is -0.139. The first kappa shape index (κ1) is 46.2. The number of carbonyl (C=O) groups is 2. The van der Waals surface area contributed by atoms with Crippen molar-refractivity contribution in [3.05, 3.63) is 143 Å². The lowest BCUT2D eigenvalue weighted by Crippen LogP contribution is -2.44. The fraction of sp³-hybridized carbons (Fsp3) is 0.238. The smallest absolute Gasteiger partial charge is 0.416 e. The number of anilines is 2. The molecule has 1 amide bonds. The van der Waals surface area contributed by atoms with Gasteiger partial charge in [0.05, 0.1) is 52.6 Å². The molecule has 0 radical (unpaired) electrons. The minimum absolute atomic E-state index is 0.0992. The Kier molecular flexibility index (Phi) is 13.0. The normalized spacial score (nSPS) is 15.1. The maximum Gasteiger partial charge on any atom is 0.416 e. The maximum absolute atomic E-state index is 15.2. The van der Waals surface area contributed by atoms with Crippen molar-refractivity contribution in [1.82, 2.24) is 4.90 Å². The van der Waals surface area contributed by atoms with Crippen molar-refractivity contribution >= 4 is 43.3 Å². The summed E-state index contributed by atoms with van der Waals surface area (Å²) in [5.41, 5.74) is -3.90. The molecule has 21 heteroatoms. The lowest BCUT2D eigenvalue weighted by Gasteiger charge is -2.33. The summed E-state index contributed by atoms with van der Waals surface area (Å²) in [5, 5.41) is 10.9. The van der Waals surface area contributed by atoms with Gasteiger partial charge in [-0.1, -0.05) is 12.1 Å². The van der Waals surface area contributed by atoms with E-state index in [1.165, 1.54) is 48.4 Å². The zero-order valence-electron chi connectivity index (χ0n) is 33.0. The van der Waals surface area contributed by atoms with Crippen LogP contribution in [-0.4, -0.2) is 66.0 Å². The van der Waals surface area contributed by atoms with Crippen LogP contribution in [0.2, 0.25) is 0 Å². The van der Waals surface area contributed by atoms with E-state index in [1.54, 1.807) is 0 Å². The van der Waals surface area contributed by atoms with E-state index in [1.807, 2.05) is 0 Å². The first-order valence-electron chi connectivity index (χ1n) is 18.6. The van der Waals surface area contributed by atoms with Crippen molar-refractivity contribution in [3.63, 3.8) is 0 Å². The number of nitrogens with zero attached hydrogens (tertiary/aromatic N) is 3. The third kappa shape index (κ3) is 9.68. The van der Waals surface area contributed by atoms with Gasteiger partial charge in [-0.15, -0.1) is 0 Å². The molecule has 63 heavy (non-hydrogen) atoms. The molecule has 12 nitrogen and oxygen atoms in total. The van der Waals surface area contributed by atoms with Crippen LogP contribution in [0.25, 0.3) is 0 Å². The van der Waals surface area contributed by atoms with Crippen LogP contribution in [0.5, 0.6) is 11.5 Å². The van der Waals surface area contributed by atoms with Crippen molar-refractivity contribution in [2.75, 3.05) is 35.9 Å². The third-order valence-electron chi connectivity index (χ3n) is 10.2. The second-order valence-electron chi connectivity index (χ2n) is 14.0. The van der Waals surface area contributed by atoms with Gasteiger partial charge < -0.3 is 19.5 Å². The number of hydrogen-bond acceptors (Lipinski definition) is 8. The Bertz CT molecular complexity index is 2680. The van der Waals surface area contributed by atoms with Gasteiger partial charge in [-0.2, -0.15) is 26.3 Å². The molecule has 0 spiro atoms. The van der Waals surface area contributed by atoms with Crippen LogP contribution in [0.15, 0.2) is 125 Å². The molecule has 1 fully saturated rings. The highest BCUT2D eigenvalue weighted by Crippen LogP contribution is 2.42. The van der Waals surface area contributed by atoms with E-state index in [4.69, 9.17) is 9.47 Å². The Morgan fingerprint density at radius 2 is 1.25 bits per heavy atom. The highest BCUT2D eigenvalue weighted by molar-refractivity contribution is 7.93. The summed E-state index contributed by atoms with van der Waals surface area (Å²) < 4.78 is 167. The van der Waals surface area contributed by atoms with E-state index >= 15 is 8.42 Å². The van der Waals surface area contributed by atoms with Gasteiger partial charge in [0.2, 0.25) is 5.91 Å². The number of halogens is 7. The fourth-order valence-electron chi connectivity index (χ4n) is 7.11. The molecular formula is C42H36F7N3O9S2. The van der Waals surface area contributed by atoms with Crippen LogP contribution in [0.3, 0.4) is 0 Å². The standard InChI is InChI=1S/C42H36F7N3O9S2/c1-60-32-17-20-34(21-18-32)62(56,57)52(31-15-9-28(10-16-31)42(47,48)49)39(40(54)55)35-24-33(61-2)19-22-37(35)63(58,59)51(30-13-7-27(8-14-30)41(44,45)46)25-38(53)50-23-3-4-36(50)26-5-11-29(43)12-6-26/h5-22,24,36,39H,3-4,23,25H2,1-2H3,(H,54,55). The average Bonchev–Trinajstić information content (AvgIpc) is 3.74. The number of carbonyl (C=O) groups excluding carboxylic acids is 1. The monoisotopic (exact) mass is 923 g/mol. The molecule has 1 aliphatic heterocycles. The Balaban J connectivity index is 1.55. The molecular weight excluding hydrogens is 888 g/mol. The molecule has 2 atom stereocenters. The van der Waals surface area contributed by atoms with Gasteiger partial charge in [0, 0.05) is 12.1 Å². The number of aliphatic carboxylic acids is 1. The zero-order valence-corrected chi connectivity index (χ0v) is 34.6. The first-order valence-corrected chi connectivity index (χ1v) is 21.5. The molecule has 2 unspecified atom stereocenters. The second kappa shape index (κ2) is 17.8. The number of hydrogen-bond donors (Lipinski definition) is 1. The summed E-state index contributed by atoms with van der Waals surface area (Å²) in [4.78, 5) is 27.5. The largest absolute Gasteiger partial charge is 0.497 e. The van der Waals surface area contributed by atoms with Gasteiger partial charge >= 0.3 is 18.3 Å². The number of likely N-dealkylation sites (tertiary alicyclic amines) is 1. The summed E-state index contributed by atoms with van der Waals surface area (Å²) in [6.07, 6.45) is -8.96. The second-order valence-corrected chi connectivity index (χ2v) is 17.7. The number of rotatable bonds is 14. The van der Waals surface area contributed by atoms with E-state index in [-0.39, 0.29) is 22.3 Å². The Morgan fingerprint density at radius 1 is 0.730 bits per heavy atom. The average molecular weight is 924 g/mol.